The normalized spacial score (nSPS) is 17.8. The number of carbonyl (C=O) groups is 2. The van der Waals surface area contributed by atoms with Gasteiger partial charge in [0.25, 0.3) is 0 Å². The Labute approximate surface area is 109 Å². The Morgan fingerprint density at radius 1 is 1.61 bits per heavy atom. The molecule has 5 nitrogen and oxygen atoms in total. The summed E-state index contributed by atoms with van der Waals surface area (Å²) in [5, 5.41) is 9.26. The van der Waals surface area contributed by atoms with Gasteiger partial charge >= 0.3 is 5.97 Å². The molecule has 0 amide bonds. The van der Waals surface area contributed by atoms with Gasteiger partial charge in [-0.2, -0.15) is 0 Å². The molecule has 0 radical (unpaired) electrons. The molecule has 1 aliphatic rings. The van der Waals surface area contributed by atoms with Gasteiger partial charge in [0.15, 0.2) is 12.4 Å². The number of hydrogen-bond donors (Lipinski definition) is 1. The number of ether oxygens (including phenoxy) is 1. The maximum Gasteiger partial charge on any atom is 0.305 e. The van der Waals surface area contributed by atoms with Crippen LogP contribution < -0.4 is 9.64 Å². The second kappa shape index (κ2) is 5.27. The summed E-state index contributed by atoms with van der Waals surface area (Å²) in [6.45, 7) is 0.653. The van der Waals surface area contributed by atoms with Crippen molar-refractivity contribution in [2.24, 2.45) is 0 Å². The SMILES string of the molecule is O=CC1CN(CCC(=O)O)c2cc(Cl)ccc2O1. The van der Waals surface area contributed by atoms with Crippen LogP contribution in [0.5, 0.6) is 5.75 Å². The Morgan fingerprint density at radius 2 is 2.39 bits per heavy atom. The van der Waals surface area contributed by atoms with Gasteiger partial charge in [-0.05, 0) is 18.2 Å². The molecule has 0 fully saturated rings. The van der Waals surface area contributed by atoms with Gasteiger partial charge in [0.1, 0.15) is 5.75 Å². The summed E-state index contributed by atoms with van der Waals surface area (Å²) in [5.41, 5.74) is 0.724. The van der Waals surface area contributed by atoms with E-state index in [1.54, 1.807) is 23.1 Å². The molecule has 0 aromatic heterocycles. The minimum absolute atomic E-state index is 0.00245. The average molecular weight is 270 g/mol. The van der Waals surface area contributed by atoms with E-state index in [9.17, 15) is 9.59 Å². The Bertz CT molecular complexity index is 477. The largest absolute Gasteiger partial charge is 0.481 e. The van der Waals surface area contributed by atoms with E-state index in [1.165, 1.54) is 0 Å². The zero-order valence-electron chi connectivity index (χ0n) is 9.51. The van der Waals surface area contributed by atoms with Crippen LogP contribution in [0.4, 0.5) is 5.69 Å². The van der Waals surface area contributed by atoms with Crippen LogP contribution >= 0.6 is 11.6 Å². The van der Waals surface area contributed by atoms with Crippen LogP contribution in [0.25, 0.3) is 0 Å². The van der Waals surface area contributed by atoms with Crippen molar-refractivity contribution in [3.8, 4) is 5.75 Å². The van der Waals surface area contributed by atoms with Crippen LogP contribution in [0, 0.1) is 0 Å². The molecule has 96 valence electrons. The van der Waals surface area contributed by atoms with E-state index in [0.717, 1.165) is 5.69 Å². The molecule has 0 bridgehead atoms. The first-order chi connectivity index (χ1) is 8.60. The van der Waals surface area contributed by atoms with Crippen LogP contribution in [0.1, 0.15) is 6.42 Å². The third kappa shape index (κ3) is 2.73. The molecule has 0 saturated heterocycles. The predicted molar refractivity (Wildman–Crippen MR) is 66.4 cm³/mol. The van der Waals surface area contributed by atoms with E-state index in [0.29, 0.717) is 30.1 Å². The molecule has 1 atom stereocenters. The van der Waals surface area contributed by atoms with Crippen molar-refractivity contribution in [1.82, 2.24) is 0 Å². The van der Waals surface area contributed by atoms with E-state index in [1.807, 2.05) is 0 Å². The molecule has 1 aliphatic heterocycles. The maximum atomic E-state index is 10.8. The third-order valence-corrected chi connectivity index (χ3v) is 2.92. The van der Waals surface area contributed by atoms with Crippen molar-refractivity contribution in [2.75, 3.05) is 18.0 Å². The second-order valence-electron chi connectivity index (χ2n) is 3.99. The van der Waals surface area contributed by atoms with Crippen LogP contribution in [-0.2, 0) is 9.59 Å². The highest BCUT2D eigenvalue weighted by atomic mass is 35.5. The number of fused-ring (bicyclic) bond motifs is 1. The highest BCUT2D eigenvalue weighted by Gasteiger charge is 2.25. The number of rotatable bonds is 4. The number of halogens is 1. The fourth-order valence-electron chi connectivity index (χ4n) is 1.87. The number of carbonyl (C=O) groups excluding carboxylic acids is 1. The minimum Gasteiger partial charge on any atom is -0.481 e. The fraction of sp³-hybridized carbons (Fsp3) is 0.333. The summed E-state index contributed by atoms with van der Waals surface area (Å²) < 4.78 is 5.46. The molecular formula is C12H12ClNO4. The van der Waals surface area contributed by atoms with Crippen molar-refractivity contribution in [3.63, 3.8) is 0 Å². The Balaban J connectivity index is 2.25. The highest BCUT2D eigenvalue weighted by Crippen LogP contribution is 2.35. The van der Waals surface area contributed by atoms with Crippen molar-refractivity contribution < 1.29 is 19.4 Å². The lowest BCUT2D eigenvalue weighted by Gasteiger charge is -2.34. The van der Waals surface area contributed by atoms with Crippen LogP contribution in [-0.4, -0.2) is 36.6 Å². The number of aldehydes is 1. The molecule has 6 heteroatoms. The van der Waals surface area contributed by atoms with Gasteiger partial charge < -0.3 is 14.7 Å². The van der Waals surface area contributed by atoms with E-state index >= 15 is 0 Å². The van der Waals surface area contributed by atoms with Gasteiger partial charge in [0.2, 0.25) is 0 Å². The van der Waals surface area contributed by atoms with E-state index in [2.05, 4.69) is 0 Å². The van der Waals surface area contributed by atoms with Gasteiger partial charge in [-0.15, -0.1) is 0 Å². The summed E-state index contributed by atoms with van der Waals surface area (Å²) in [5.74, 6) is -0.333. The summed E-state index contributed by atoms with van der Waals surface area (Å²) in [6.07, 6.45) is 0.135. The number of nitrogens with zero attached hydrogens (tertiary/aromatic N) is 1. The molecular weight excluding hydrogens is 258 g/mol. The summed E-state index contributed by atoms with van der Waals surface area (Å²) in [4.78, 5) is 23.2. The van der Waals surface area contributed by atoms with Crippen molar-refractivity contribution in [2.45, 2.75) is 12.5 Å². The Morgan fingerprint density at radius 3 is 3.06 bits per heavy atom. The molecule has 0 saturated carbocycles. The first-order valence-corrected chi connectivity index (χ1v) is 5.86. The zero-order chi connectivity index (χ0) is 13.1. The fourth-order valence-corrected chi connectivity index (χ4v) is 2.03. The summed E-state index contributed by atoms with van der Waals surface area (Å²) >= 11 is 5.91. The van der Waals surface area contributed by atoms with Gasteiger partial charge in [-0.1, -0.05) is 11.6 Å². The molecule has 1 aromatic rings. The van der Waals surface area contributed by atoms with E-state index < -0.39 is 12.1 Å². The highest BCUT2D eigenvalue weighted by molar-refractivity contribution is 6.31. The van der Waals surface area contributed by atoms with Crippen LogP contribution in [0.15, 0.2) is 18.2 Å². The Kier molecular flexibility index (Phi) is 3.72. The minimum atomic E-state index is -0.882. The van der Waals surface area contributed by atoms with E-state index in [-0.39, 0.29) is 6.42 Å². The lowest BCUT2D eigenvalue weighted by atomic mass is 10.2. The van der Waals surface area contributed by atoms with Gasteiger partial charge in [-0.25, -0.2) is 0 Å². The number of carboxylic acids is 1. The number of carboxylic acid groups (broad SMARTS) is 1. The maximum absolute atomic E-state index is 10.8. The van der Waals surface area contributed by atoms with Crippen LogP contribution in [0.2, 0.25) is 5.02 Å². The lowest BCUT2D eigenvalue weighted by Crippen LogP contribution is -2.41. The summed E-state index contributed by atoms with van der Waals surface area (Å²) in [7, 11) is 0. The number of hydrogen-bond acceptors (Lipinski definition) is 4. The first kappa shape index (κ1) is 12.7. The molecule has 1 N–H and O–H groups in total. The predicted octanol–water partition coefficient (Wildman–Crippen LogP) is 1.58. The molecule has 0 aliphatic carbocycles. The quantitative estimate of drug-likeness (QED) is 0.841. The smallest absolute Gasteiger partial charge is 0.305 e. The van der Waals surface area contributed by atoms with Crippen LogP contribution in [0.3, 0.4) is 0 Å². The van der Waals surface area contributed by atoms with Crippen molar-refractivity contribution in [3.05, 3.63) is 23.2 Å². The molecule has 18 heavy (non-hydrogen) atoms. The third-order valence-electron chi connectivity index (χ3n) is 2.69. The standard InChI is InChI=1S/C12H12ClNO4/c13-8-1-2-11-10(5-8)14(4-3-12(16)17)6-9(7-15)18-11/h1-2,5,7,9H,3-4,6H2,(H,16,17). The van der Waals surface area contributed by atoms with Crippen molar-refractivity contribution >= 4 is 29.5 Å². The topological polar surface area (TPSA) is 66.8 Å². The molecule has 1 unspecified atom stereocenters. The number of anilines is 1. The molecule has 1 heterocycles. The zero-order valence-corrected chi connectivity index (χ0v) is 10.3. The second-order valence-corrected chi connectivity index (χ2v) is 4.43. The average Bonchev–Trinajstić information content (AvgIpc) is 2.35. The molecule has 1 aromatic carbocycles. The van der Waals surface area contributed by atoms with Gasteiger partial charge in [-0.3, -0.25) is 9.59 Å². The van der Waals surface area contributed by atoms with Crippen molar-refractivity contribution in [1.29, 1.82) is 0 Å². The first-order valence-electron chi connectivity index (χ1n) is 5.48. The molecule has 0 spiro atoms. The molecule has 2 rings (SSSR count). The van der Waals surface area contributed by atoms with Gasteiger partial charge in [0.05, 0.1) is 18.7 Å². The van der Waals surface area contributed by atoms with Gasteiger partial charge in [0, 0.05) is 11.6 Å². The lowest BCUT2D eigenvalue weighted by molar-refractivity contribution is -0.136. The summed E-state index contributed by atoms with van der Waals surface area (Å²) in [6, 6.07) is 5.06. The van der Waals surface area contributed by atoms with E-state index in [4.69, 9.17) is 21.4 Å². The monoisotopic (exact) mass is 269 g/mol. The Hall–Kier alpha value is -1.75. The number of aliphatic carboxylic acids is 1. The number of benzene rings is 1.